The lowest BCUT2D eigenvalue weighted by atomic mass is 9.90. The van der Waals surface area contributed by atoms with E-state index in [0.29, 0.717) is 5.92 Å². The maximum Gasteiger partial charge on any atom is 0.00901 e. The van der Waals surface area contributed by atoms with E-state index in [9.17, 15) is 0 Å². The van der Waals surface area contributed by atoms with Gasteiger partial charge in [-0.25, -0.2) is 0 Å². The summed E-state index contributed by atoms with van der Waals surface area (Å²) in [4.78, 5) is 0. The fourth-order valence-electron chi connectivity index (χ4n) is 1.72. The highest BCUT2D eigenvalue weighted by Gasteiger charge is 2.10. The van der Waals surface area contributed by atoms with Crippen molar-refractivity contribution in [2.24, 2.45) is 11.7 Å². The summed E-state index contributed by atoms with van der Waals surface area (Å²) in [5.74, 6) is 0.530. The van der Waals surface area contributed by atoms with E-state index in [1.165, 1.54) is 11.1 Å². The van der Waals surface area contributed by atoms with E-state index >= 15 is 0 Å². The summed E-state index contributed by atoms with van der Waals surface area (Å²) in [5.41, 5.74) is 9.40. The van der Waals surface area contributed by atoms with Gasteiger partial charge >= 0.3 is 0 Å². The fraction of sp³-hybridized carbons (Fsp3) is 0.385. The van der Waals surface area contributed by atoms with E-state index in [2.05, 4.69) is 38.1 Å². The van der Waals surface area contributed by atoms with Gasteiger partial charge < -0.3 is 5.73 Å². The Kier molecular flexibility index (Phi) is 3.75. The summed E-state index contributed by atoms with van der Waals surface area (Å²) in [6.45, 7) is 6.39. The van der Waals surface area contributed by atoms with Crippen LogP contribution in [0, 0.1) is 5.92 Å². The van der Waals surface area contributed by atoms with Crippen molar-refractivity contribution in [2.45, 2.75) is 27.2 Å². The molecule has 2 N–H and O–H groups in total. The molecule has 0 saturated heterocycles. The first-order chi connectivity index (χ1) is 6.66. The molecule has 0 radical (unpaired) electrons. The lowest BCUT2D eigenvalue weighted by Gasteiger charge is -2.16. The highest BCUT2D eigenvalue weighted by molar-refractivity contribution is 5.69. The molecule has 0 fully saturated rings. The van der Waals surface area contributed by atoms with Gasteiger partial charge in [0.25, 0.3) is 0 Å². The summed E-state index contributed by atoms with van der Waals surface area (Å²) in [7, 11) is 0. The smallest absolute Gasteiger partial charge is 0.00901 e. The van der Waals surface area contributed by atoms with Gasteiger partial charge in [0.05, 0.1) is 0 Å². The molecule has 0 aromatic heterocycles. The zero-order valence-electron chi connectivity index (χ0n) is 9.25. The predicted molar refractivity (Wildman–Crippen MR) is 62.7 cm³/mol. The van der Waals surface area contributed by atoms with Gasteiger partial charge in [-0.2, -0.15) is 0 Å². The number of hydrogen-bond donors (Lipinski definition) is 1. The fourth-order valence-corrected chi connectivity index (χ4v) is 1.72. The summed E-state index contributed by atoms with van der Waals surface area (Å²) < 4.78 is 0. The van der Waals surface area contributed by atoms with Gasteiger partial charge in [0.2, 0.25) is 0 Å². The molecule has 1 aromatic rings. The van der Waals surface area contributed by atoms with Gasteiger partial charge in [0.15, 0.2) is 0 Å². The molecule has 1 aromatic carbocycles. The molecule has 14 heavy (non-hydrogen) atoms. The SMILES string of the molecule is CCC(C)C(=C(C)N)c1ccccc1. The molecule has 1 atom stereocenters. The van der Waals surface area contributed by atoms with E-state index in [0.717, 1.165) is 12.1 Å². The van der Waals surface area contributed by atoms with E-state index in [4.69, 9.17) is 5.73 Å². The van der Waals surface area contributed by atoms with Crippen molar-refractivity contribution < 1.29 is 0 Å². The van der Waals surface area contributed by atoms with Crippen LogP contribution in [0.5, 0.6) is 0 Å². The molecule has 0 heterocycles. The predicted octanol–water partition coefficient (Wildman–Crippen LogP) is 3.42. The molecule has 1 unspecified atom stereocenters. The van der Waals surface area contributed by atoms with Gasteiger partial charge in [0, 0.05) is 5.70 Å². The van der Waals surface area contributed by atoms with Gasteiger partial charge in [0.1, 0.15) is 0 Å². The van der Waals surface area contributed by atoms with E-state index in [1.807, 2.05) is 13.0 Å². The van der Waals surface area contributed by atoms with Crippen LogP contribution in [-0.4, -0.2) is 0 Å². The van der Waals surface area contributed by atoms with Crippen LogP contribution >= 0.6 is 0 Å². The topological polar surface area (TPSA) is 26.0 Å². The highest BCUT2D eigenvalue weighted by atomic mass is 14.6. The third-order valence-corrected chi connectivity index (χ3v) is 2.61. The standard InChI is InChI=1S/C13H19N/c1-4-10(2)13(11(3)14)12-8-6-5-7-9-12/h5-10H,4,14H2,1-3H3. The van der Waals surface area contributed by atoms with Crippen LogP contribution in [0.4, 0.5) is 0 Å². The maximum absolute atomic E-state index is 5.92. The minimum absolute atomic E-state index is 0.530. The summed E-state index contributed by atoms with van der Waals surface area (Å²) in [6, 6.07) is 10.4. The molecule has 1 rings (SSSR count). The van der Waals surface area contributed by atoms with Crippen molar-refractivity contribution in [1.82, 2.24) is 0 Å². The average molecular weight is 189 g/mol. The molecule has 0 aliphatic carbocycles. The van der Waals surface area contributed by atoms with Gasteiger partial charge in [-0.05, 0) is 30.4 Å². The van der Waals surface area contributed by atoms with Crippen LogP contribution in [0.2, 0.25) is 0 Å². The molecular formula is C13H19N. The van der Waals surface area contributed by atoms with Crippen LogP contribution in [0.15, 0.2) is 36.0 Å². The van der Waals surface area contributed by atoms with Gasteiger partial charge in [-0.15, -0.1) is 0 Å². The minimum atomic E-state index is 0.530. The second-order valence-corrected chi connectivity index (χ2v) is 3.77. The zero-order chi connectivity index (χ0) is 10.6. The monoisotopic (exact) mass is 189 g/mol. The first kappa shape index (κ1) is 10.8. The van der Waals surface area contributed by atoms with E-state index in [1.54, 1.807) is 0 Å². The van der Waals surface area contributed by atoms with Crippen LogP contribution < -0.4 is 5.73 Å². The van der Waals surface area contributed by atoms with Crippen LogP contribution in [0.3, 0.4) is 0 Å². The Hall–Kier alpha value is -1.24. The molecule has 0 bridgehead atoms. The Balaban J connectivity index is 3.09. The first-order valence-corrected chi connectivity index (χ1v) is 5.18. The minimum Gasteiger partial charge on any atom is -0.402 e. The van der Waals surface area contributed by atoms with Crippen molar-refractivity contribution >= 4 is 5.57 Å². The van der Waals surface area contributed by atoms with Crippen LogP contribution in [-0.2, 0) is 0 Å². The molecule has 0 spiro atoms. The van der Waals surface area contributed by atoms with Gasteiger partial charge in [-0.3, -0.25) is 0 Å². The Morgan fingerprint density at radius 2 is 1.86 bits per heavy atom. The largest absolute Gasteiger partial charge is 0.402 e. The molecule has 0 aliphatic rings. The van der Waals surface area contributed by atoms with Crippen molar-refractivity contribution in [3.63, 3.8) is 0 Å². The molecule has 76 valence electrons. The molecule has 0 aliphatic heterocycles. The summed E-state index contributed by atoms with van der Waals surface area (Å²) in [5, 5.41) is 0. The first-order valence-electron chi connectivity index (χ1n) is 5.18. The highest BCUT2D eigenvalue weighted by Crippen LogP contribution is 2.26. The van der Waals surface area contributed by atoms with Crippen molar-refractivity contribution in [1.29, 1.82) is 0 Å². The zero-order valence-corrected chi connectivity index (χ0v) is 9.25. The number of benzene rings is 1. The van der Waals surface area contributed by atoms with Crippen molar-refractivity contribution in [3.05, 3.63) is 41.6 Å². The Labute approximate surface area is 86.6 Å². The Bertz CT molecular complexity index is 307. The molecule has 0 amide bonds. The van der Waals surface area contributed by atoms with Gasteiger partial charge in [-0.1, -0.05) is 44.2 Å². The third kappa shape index (κ3) is 2.38. The van der Waals surface area contributed by atoms with Crippen molar-refractivity contribution in [2.75, 3.05) is 0 Å². The maximum atomic E-state index is 5.92. The molecule has 1 nitrogen and oxygen atoms in total. The molecule has 0 saturated carbocycles. The number of hydrogen-bond acceptors (Lipinski definition) is 1. The molecule has 1 heteroatoms. The second kappa shape index (κ2) is 4.85. The molecular weight excluding hydrogens is 170 g/mol. The second-order valence-electron chi connectivity index (χ2n) is 3.77. The summed E-state index contributed by atoms with van der Waals surface area (Å²) >= 11 is 0. The number of nitrogens with two attached hydrogens (primary N) is 1. The van der Waals surface area contributed by atoms with E-state index in [-0.39, 0.29) is 0 Å². The quantitative estimate of drug-likeness (QED) is 0.774. The lowest BCUT2D eigenvalue weighted by Crippen LogP contribution is -2.05. The lowest BCUT2D eigenvalue weighted by molar-refractivity contribution is 0.712. The number of allylic oxidation sites excluding steroid dienone is 2. The normalized spacial score (nSPS) is 14.8. The summed E-state index contributed by atoms with van der Waals surface area (Å²) in [6.07, 6.45) is 1.12. The van der Waals surface area contributed by atoms with Crippen LogP contribution in [0.1, 0.15) is 32.8 Å². The number of rotatable bonds is 3. The Morgan fingerprint density at radius 3 is 2.29 bits per heavy atom. The third-order valence-electron chi connectivity index (χ3n) is 2.61. The van der Waals surface area contributed by atoms with Crippen molar-refractivity contribution in [3.8, 4) is 0 Å². The average Bonchev–Trinajstić information content (AvgIpc) is 2.19. The Morgan fingerprint density at radius 1 is 1.29 bits per heavy atom. The van der Waals surface area contributed by atoms with Crippen LogP contribution in [0.25, 0.3) is 5.57 Å². The van der Waals surface area contributed by atoms with E-state index < -0.39 is 0 Å².